The number of benzene rings is 1. The molecular formula is C11H12N4O2. The third-order valence-corrected chi connectivity index (χ3v) is 2.49. The van der Waals surface area contributed by atoms with Crippen molar-refractivity contribution in [3.8, 4) is 5.69 Å². The monoisotopic (exact) mass is 232 g/mol. The maximum Gasteiger partial charge on any atom is 0.271 e. The number of carbonyl (C=O) groups is 1. The summed E-state index contributed by atoms with van der Waals surface area (Å²) in [6.07, 6.45) is 0. The third kappa shape index (κ3) is 2.02. The SMILES string of the molecule is Cc1c(C(N)=O)nnn1-c1ccc(CO)cc1. The second-order valence-electron chi connectivity index (χ2n) is 3.62. The summed E-state index contributed by atoms with van der Waals surface area (Å²) in [6.45, 7) is 1.71. The Balaban J connectivity index is 2.42. The second-order valence-corrected chi connectivity index (χ2v) is 3.62. The van der Waals surface area contributed by atoms with E-state index in [1.807, 2.05) is 0 Å². The molecule has 0 atom stereocenters. The maximum atomic E-state index is 11.0. The molecule has 0 saturated heterocycles. The number of primary amides is 1. The summed E-state index contributed by atoms with van der Waals surface area (Å²) in [5, 5.41) is 16.5. The molecule has 6 heteroatoms. The van der Waals surface area contributed by atoms with Gasteiger partial charge in [0.05, 0.1) is 18.0 Å². The van der Waals surface area contributed by atoms with Gasteiger partial charge in [0, 0.05) is 0 Å². The first-order valence-corrected chi connectivity index (χ1v) is 5.05. The van der Waals surface area contributed by atoms with Gasteiger partial charge in [0.2, 0.25) is 0 Å². The van der Waals surface area contributed by atoms with Crippen molar-refractivity contribution in [2.75, 3.05) is 0 Å². The number of aliphatic hydroxyl groups is 1. The number of rotatable bonds is 3. The zero-order valence-electron chi connectivity index (χ0n) is 9.29. The van der Waals surface area contributed by atoms with Gasteiger partial charge in [-0.25, -0.2) is 4.68 Å². The number of amides is 1. The first-order valence-electron chi connectivity index (χ1n) is 5.05. The highest BCUT2D eigenvalue weighted by Gasteiger charge is 2.14. The lowest BCUT2D eigenvalue weighted by molar-refractivity contribution is 0.0995. The number of hydrogen-bond acceptors (Lipinski definition) is 4. The molecule has 6 nitrogen and oxygen atoms in total. The zero-order chi connectivity index (χ0) is 12.4. The summed E-state index contributed by atoms with van der Waals surface area (Å²) >= 11 is 0. The molecule has 2 aromatic rings. The van der Waals surface area contributed by atoms with Gasteiger partial charge in [0.25, 0.3) is 5.91 Å². The van der Waals surface area contributed by atoms with Crippen LogP contribution in [0.15, 0.2) is 24.3 Å². The fraction of sp³-hybridized carbons (Fsp3) is 0.182. The van der Waals surface area contributed by atoms with Gasteiger partial charge in [-0.1, -0.05) is 17.3 Å². The molecule has 0 unspecified atom stereocenters. The molecule has 0 spiro atoms. The van der Waals surface area contributed by atoms with Crippen LogP contribution in [0.4, 0.5) is 0 Å². The van der Waals surface area contributed by atoms with Crippen LogP contribution in [-0.2, 0) is 6.61 Å². The van der Waals surface area contributed by atoms with Crippen LogP contribution in [0, 0.1) is 6.92 Å². The molecule has 2 rings (SSSR count). The van der Waals surface area contributed by atoms with Gasteiger partial charge in [-0.2, -0.15) is 0 Å². The minimum atomic E-state index is -0.597. The Hall–Kier alpha value is -2.21. The molecule has 1 amide bonds. The summed E-state index contributed by atoms with van der Waals surface area (Å²) in [5.74, 6) is -0.597. The van der Waals surface area contributed by atoms with Crippen molar-refractivity contribution in [3.05, 3.63) is 41.2 Å². The molecule has 17 heavy (non-hydrogen) atoms. The van der Waals surface area contributed by atoms with Crippen molar-refractivity contribution in [2.45, 2.75) is 13.5 Å². The van der Waals surface area contributed by atoms with Gasteiger partial charge < -0.3 is 10.8 Å². The van der Waals surface area contributed by atoms with Crippen LogP contribution in [-0.4, -0.2) is 26.0 Å². The number of aromatic nitrogens is 3. The number of nitrogens with two attached hydrogens (primary N) is 1. The van der Waals surface area contributed by atoms with Gasteiger partial charge in [-0.15, -0.1) is 5.10 Å². The summed E-state index contributed by atoms with van der Waals surface area (Å²) in [5.41, 5.74) is 7.49. The average molecular weight is 232 g/mol. The first kappa shape index (κ1) is 11.3. The van der Waals surface area contributed by atoms with Crippen molar-refractivity contribution < 1.29 is 9.90 Å². The van der Waals surface area contributed by atoms with Crippen molar-refractivity contribution >= 4 is 5.91 Å². The Kier molecular flexibility index (Phi) is 2.88. The lowest BCUT2D eigenvalue weighted by atomic mass is 10.2. The van der Waals surface area contributed by atoms with Crippen LogP contribution in [0.5, 0.6) is 0 Å². The highest BCUT2D eigenvalue weighted by atomic mass is 16.3. The lowest BCUT2D eigenvalue weighted by Gasteiger charge is -2.03. The van der Waals surface area contributed by atoms with Crippen LogP contribution in [0.1, 0.15) is 21.7 Å². The Labute approximate surface area is 97.7 Å². The molecule has 0 fully saturated rings. The molecule has 1 heterocycles. The van der Waals surface area contributed by atoms with E-state index in [-0.39, 0.29) is 12.3 Å². The molecule has 0 aliphatic heterocycles. The van der Waals surface area contributed by atoms with Crippen molar-refractivity contribution in [1.82, 2.24) is 15.0 Å². The Morgan fingerprint density at radius 3 is 2.53 bits per heavy atom. The van der Waals surface area contributed by atoms with Crippen molar-refractivity contribution in [2.24, 2.45) is 5.73 Å². The van der Waals surface area contributed by atoms with Crippen molar-refractivity contribution in [1.29, 1.82) is 0 Å². The van der Waals surface area contributed by atoms with E-state index >= 15 is 0 Å². The van der Waals surface area contributed by atoms with E-state index in [0.717, 1.165) is 11.3 Å². The van der Waals surface area contributed by atoms with Gasteiger partial charge in [-0.3, -0.25) is 4.79 Å². The van der Waals surface area contributed by atoms with Gasteiger partial charge >= 0.3 is 0 Å². The van der Waals surface area contributed by atoms with Crippen LogP contribution >= 0.6 is 0 Å². The predicted octanol–water partition coefficient (Wildman–Crippen LogP) is 0.167. The lowest BCUT2D eigenvalue weighted by Crippen LogP contribution is -2.13. The maximum absolute atomic E-state index is 11.0. The molecule has 0 aliphatic rings. The van der Waals surface area contributed by atoms with E-state index in [9.17, 15) is 4.79 Å². The molecular weight excluding hydrogens is 220 g/mol. The van der Waals surface area contributed by atoms with E-state index in [4.69, 9.17) is 10.8 Å². The standard InChI is InChI=1S/C11H12N4O2/c1-7-10(11(12)17)13-14-15(7)9-4-2-8(6-16)3-5-9/h2-5,16H,6H2,1H3,(H2,12,17). The van der Waals surface area contributed by atoms with E-state index in [1.54, 1.807) is 31.2 Å². The third-order valence-electron chi connectivity index (χ3n) is 2.49. The number of carbonyl (C=O) groups excluding carboxylic acids is 1. The Morgan fingerprint density at radius 2 is 2.06 bits per heavy atom. The molecule has 0 saturated carbocycles. The van der Waals surface area contributed by atoms with Crippen molar-refractivity contribution in [3.63, 3.8) is 0 Å². The van der Waals surface area contributed by atoms with Crippen LogP contribution in [0.25, 0.3) is 5.69 Å². The summed E-state index contributed by atoms with van der Waals surface area (Å²) in [7, 11) is 0. The summed E-state index contributed by atoms with van der Waals surface area (Å²) < 4.78 is 1.53. The van der Waals surface area contributed by atoms with Crippen LogP contribution < -0.4 is 5.73 Å². The quantitative estimate of drug-likeness (QED) is 0.788. The summed E-state index contributed by atoms with van der Waals surface area (Å²) in [6, 6.07) is 7.14. The normalized spacial score (nSPS) is 10.5. The molecule has 88 valence electrons. The van der Waals surface area contributed by atoms with Crippen LogP contribution in [0.2, 0.25) is 0 Å². The molecule has 0 aliphatic carbocycles. The predicted molar refractivity (Wildman–Crippen MR) is 60.5 cm³/mol. The van der Waals surface area contributed by atoms with Gasteiger partial charge in [0.15, 0.2) is 5.69 Å². The smallest absolute Gasteiger partial charge is 0.271 e. The Morgan fingerprint density at radius 1 is 1.41 bits per heavy atom. The first-order chi connectivity index (χ1) is 8.13. The molecule has 1 aromatic carbocycles. The highest BCUT2D eigenvalue weighted by Crippen LogP contribution is 2.12. The second kappa shape index (κ2) is 4.34. The molecule has 1 aromatic heterocycles. The molecule has 0 bridgehead atoms. The molecule has 0 radical (unpaired) electrons. The number of aliphatic hydroxyl groups excluding tert-OH is 1. The average Bonchev–Trinajstić information content (AvgIpc) is 2.71. The zero-order valence-corrected chi connectivity index (χ0v) is 9.29. The van der Waals surface area contributed by atoms with E-state index < -0.39 is 5.91 Å². The fourth-order valence-corrected chi connectivity index (χ4v) is 1.54. The largest absolute Gasteiger partial charge is 0.392 e. The number of hydrogen-bond donors (Lipinski definition) is 2. The van der Waals surface area contributed by atoms with Crippen LogP contribution in [0.3, 0.4) is 0 Å². The van der Waals surface area contributed by atoms with Gasteiger partial charge in [0.1, 0.15) is 0 Å². The minimum absolute atomic E-state index is 0.0108. The van der Waals surface area contributed by atoms with E-state index in [2.05, 4.69) is 10.3 Å². The molecule has 3 N–H and O–H groups in total. The van der Waals surface area contributed by atoms with E-state index in [1.165, 1.54) is 4.68 Å². The minimum Gasteiger partial charge on any atom is -0.392 e. The van der Waals surface area contributed by atoms with Gasteiger partial charge in [-0.05, 0) is 24.6 Å². The Bertz CT molecular complexity index is 545. The highest BCUT2D eigenvalue weighted by molar-refractivity contribution is 5.91. The number of nitrogens with zero attached hydrogens (tertiary/aromatic N) is 3. The fourth-order valence-electron chi connectivity index (χ4n) is 1.54. The van der Waals surface area contributed by atoms with E-state index in [0.29, 0.717) is 5.69 Å². The topological polar surface area (TPSA) is 94.0 Å². The summed E-state index contributed by atoms with van der Waals surface area (Å²) in [4.78, 5) is 11.0.